The molecular weight excluding hydrogens is 373 g/mol. The number of hydrogen-bond donors (Lipinski definition) is 1. The van der Waals surface area contributed by atoms with Crippen molar-refractivity contribution in [2.45, 2.75) is 5.54 Å². The first kappa shape index (κ1) is 17.4. The molecule has 146 valence electrons. The van der Waals surface area contributed by atoms with E-state index in [1.54, 1.807) is 30.5 Å². The number of aromatic nitrogens is 2. The summed E-state index contributed by atoms with van der Waals surface area (Å²) in [6, 6.07) is 10.9. The van der Waals surface area contributed by atoms with Gasteiger partial charge in [-0.1, -0.05) is 6.07 Å². The predicted octanol–water partition coefficient (Wildman–Crippen LogP) is 3.04. The lowest BCUT2D eigenvalue weighted by Gasteiger charge is -2.34. The summed E-state index contributed by atoms with van der Waals surface area (Å²) in [6.07, 6.45) is 3.09. The van der Waals surface area contributed by atoms with Crippen molar-refractivity contribution in [1.82, 2.24) is 9.97 Å². The van der Waals surface area contributed by atoms with E-state index in [0.29, 0.717) is 22.6 Å². The minimum absolute atomic E-state index is 0.102. The molecule has 0 saturated carbocycles. The van der Waals surface area contributed by atoms with Gasteiger partial charge >= 0.3 is 0 Å². The highest BCUT2D eigenvalue weighted by atomic mass is 19.1. The molecule has 1 unspecified atom stereocenters. The SMILES string of the molecule is CN(C)c1cc2c(cn1)Oc1ccc(-c3cccnc3F)cc1C21COC(N)=N1. The van der Waals surface area contributed by atoms with Crippen molar-refractivity contribution < 1.29 is 13.9 Å². The van der Waals surface area contributed by atoms with E-state index >= 15 is 0 Å². The lowest BCUT2D eigenvalue weighted by Crippen LogP contribution is -2.31. The van der Waals surface area contributed by atoms with Crippen LogP contribution in [0, 0.1) is 5.95 Å². The number of pyridine rings is 2. The molecule has 0 radical (unpaired) electrons. The van der Waals surface area contributed by atoms with Crippen molar-refractivity contribution in [3.63, 3.8) is 0 Å². The van der Waals surface area contributed by atoms with Gasteiger partial charge in [0, 0.05) is 37.0 Å². The van der Waals surface area contributed by atoms with Crippen LogP contribution in [0.15, 0.2) is 53.8 Å². The Labute approximate surface area is 166 Å². The molecule has 0 aliphatic carbocycles. The minimum atomic E-state index is -0.893. The standard InChI is InChI=1S/C21H18FN5O2/c1-27(2)18-9-15-17(10-25-18)29-16-6-5-12(13-4-3-7-24-19(13)22)8-14(16)21(15)11-28-20(23)26-21/h3-10H,11H2,1-2H3,(H2,23,26). The second-order valence-electron chi connectivity index (χ2n) is 7.19. The highest BCUT2D eigenvalue weighted by Gasteiger charge is 2.47. The number of aliphatic imine (C=N–C) groups is 1. The third kappa shape index (κ3) is 2.60. The van der Waals surface area contributed by atoms with Gasteiger partial charge in [-0.05, 0) is 35.9 Å². The van der Waals surface area contributed by atoms with Crippen LogP contribution >= 0.6 is 0 Å². The van der Waals surface area contributed by atoms with Crippen LogP contribution in [-0.2, 0) is 10.3 Å². The second-order valence-corrected chi connectivity index (χ2v) is 7.19. The average molecular weight is 391 g/mol. The second kappa shape index (κ2) is 6.16. The van der Waals surface area contributed by atoms with Gasteiger partial charge in [0.2, 0.25) is 5.95 Å². The first-order chi connectivity index (χ1) is 14.0. The zero-order chi connectivity index (χ0) is 20.2. The van der Waals surface area contributed by atoms with E-state index in [1.165, 1.54) is 6.20 Å². The lowest BCUT2D eigenvalue weighted by molar-refractivity contribution is 0.264. The van der Waals surface area contributed by atoms with Crippen LogP contribution < -0.4 is 15.4 Å². The molecule has 1 spiro atoms. The maximum absolute atomic E-state index is 14.3. The number of nitrogens with two attached hydrogens (primary N) is 1. The molecule has 1 atom stereocenters. The molecule has 2 N–H and O–H groups in total. The number of anilines is 1. The van der Waals surface area contributed by atoms with Gasteiger partial charge in [-0.15, -0.1) is 0 Å². The van der Waals surface area contributed by atoms with Crippen molar-refractivity contribution in [3.8, 4) is 22.6 Å². The number of hydrogen-bond acceptors (Lipinski definition) is 7. The van der Waals surface area contributed by atoms with Crippen molar-refractivity contribution in [2.75, 3.05) is 25.6 Å². The maximum Gasteiger partial charge on any atom is 0.283 e. The third-order valence-corrected chi connectivity index (χ3v) is 5.20. The Balaban J connectivity index is 1.74. The van der Waals surface area contributed by atoms with Crippen molar-refractivity contribution >= 4 is 11.8 Å². The largest absolute Gasteiger partial charge is 0.462 e. The number of rotatable bonds is 2. The summed E-state index contributed by atoms with van der Waals surface area (Å²) < 4.78 is 26.0. The monoisotopic (exact) mass is 391 g/mol. The molecule has 0 saturated heterocycles. The number of benzene rings is 1. The van der Waals surface area contributed by atoms with E-state index in [1.807, 2.05) is 31.1 Å². The third-order valence-electron chi connectivity index (χ3n) is 5.20. The van der Waals surface area contributed by atoms with Crippen LogP contribution in [0.5, 0.6) is 11.5 Å². The molecule has 8 heteroatoms. The summed E-state index contributed by atoms with van der Waals surface area (Å²) in [5.41, 5.74) is 7.64. The number of amidine groups is 1. The molecule has 4 heterocycles. The predicted molar refractivity (Wildman–Crippen MR) is 107 cm³/mol. The fourth-order valence-corrected chi connectivity index (χ4v) is 3.76. The Hall–Kier alpha value is -3.68. The Morgan fingerprint density at radius 2 is 1.93 bits per heavy atom. The van der Waals surface area contributed by atoms with Gasteiger partial charge in [-0.25, -0.2) is 15.0 Å². The summed E-state index contributed by atoms with van der Waals surface area (Å²) in [5.74, 6) is 1.41. The van der Waals surface area contributed by atoms with E-state index in [9.17, 15) is 4.39 Å². The summed E-state index contributed by atoms with van der Waals surface area (Å²) >= 11 is 0. The quantitative estimate of drug-likeness (QED) is 0.676. The molecule has 7 nitrogen and oxygen atoms in total. The van der Waals surface area contributed by atoms with Crippen LogP contribution in [0.2, 0.25) is 0 Å². The van der Waals surface area contributed by atoms with Gasteiger partial charge in [0.25, 0.3) is 6.02 Å². The smallest absolute Gasteiger partial charge is 0.283 e. The van der Waals surface area contributed by atoms with Crippen LogP contribution in [0.3, 0.4) is 0 Å². The van der Waals surface area contributed by atoms with Crippen molar-refractivity contribution in [2.24, 2.45) is 10.7 Å². The zero-order valence-electron chi connectivity index (χ0n) is 15.9. The average Bonchev–Trinajstić information content (AvgIpc) is 3.10. The molecule has 0 amide bonds. The molecular formula is C21H18FN5O2. The van der Waals surface area contributed by atoms with Gasteiger partial charge in [-0.2, -0.15) is 4.39 Å². The molecule has 1 aromatic carbocycles. The number of ether oxygens (including phenoxy) is 2. The summed E-state index contributed by atoms with van der Waals surface area (Å²) in [7, 11) is 3.82. The highest BCUT2D eigenvalue weighted by molar-refractivity contribution is 5.78. The van der Waals surface area contributed by atoms with E-state index in [2.05, 4.69) is 15.0 Å². The minimum Gasteiger partial charge on any atom is -0.462 e. The highest BCUT2D eigenvalue weighted by Crippen LogP contribution is 2.52. The van der Waals surface area contributed by atoms with Gasteiger partial charge in [0.1, 0.15) is 18.2 Å². The van der Waals surface area contributed by atoms with Crippen molar-refractivity contribution in [3.05, 3.63) is 65.9 Å². The first-order valence-corrected chi connectivity index (χ1v) is 9.07. The summed E-state index contributed by atoms with van der Waals surface area (Å²) in [5, 5.41) is 0. The molecule has 2 aromatic heterocycles. The first-order valence-electron chi connectivity index (χ1n) is 9.07. The fourth-order valence-electron chi connectivity index (χ4n) is 3.76. The van der Waals surface area contributed by atoms with Crippen LogP contribution in [0.4, 0.5) is 10.2 Å². The van der Waals surface area contributed by atoms with Gasteiger partial charge < -0.3 is 20.1 Å². The topological polar surface area (TPSA) is 85.9 Å². The number of nitrogens with zero attached hydrogens (tertiary/aromatic N) is 4. The molecule has 5 rings (SSSR count). The van der Waals surface area contributed by atoms with E-state index < -0.39 is 11.5 Å². The Bertz CT molecular complexity index is 1160. The van der Waals surface area contributed by atoms with Crippen LogP contribution in [0.1, 0.15) is 11.1 Å². The molecule has 2 aliphatic rings. The fraction of sp³-hybridized carbons (Fsp3) is 0.190. The molecule has 29 heavy (non-hydrogen) atoms. The number of halogens is 1. The van der Waals surface area contributed by atoms with Gasteiger partial charge in [0.15, 0.2) is 11.3 Å². The lowest BCUT2D eigenvalue weighted by atomic mass is 9.81. The van der Waals surface area contributed by atoms with Gasteiger partial charge in [0.05, 0.1) is 6.20 Å². The summed E-state index contributed by atoms with van der Waals surface area (Å²) in [6.45, 7) is 0.220. The zero-order valence-corrected chi connectivity index (χ0v) is 15.9. The van der Waals surface area contributed by atoms with E-state index in [4.69, 9.17) is 15.2 Å². The Morgan fingerprint density at radius 3 is 2.66 bits per heavy atom. The van der Waals surface area contributed by atoms with Gasteiger partial charge in [-0.3, -0.25) is 0 Å². The van der Waals surface area contributed by atoms with E-state index in [0.717, 1.165) is 16.9 Å². The van der Waals surface area contributed by atoms with Crippen LogP contribution in [-0.4, -0.2) is 36.7 Å². The Morgan fingerprint density at radius 1 is 1.10 bits per heavy atom. The van der Waals surface area contributed by atoms with Crippen molar-refractivity contribution in [1.29, 1.82) is 0 Å². The molecule has 2 aliphatic heterocycles. The number of fused-ring (bicyclic) bond motifs is 4. The maximum atomic E-state index is 14.3. The normalized spacial score (nSPS) is 19.1. The van der Waals surface area contributed by atoms with E-state index in [-0.39, 0.29) is 12.6 Å². The molecule has 0 fully saturated rings. The molecule has 0 bridgehead atoms. The summed E-state index contributed by atoms with van der Waals surface area (Å²) in [4.78, 5) is 14.7. The molecule has 3 aromatic rings. The van der Waals surface area contributed by atoms with Crippen LogP contribution in [0.25, 0.3) is 11.1 Å². The Kier molecular flexibility index (Phi) is 3.70.